The molecule has 0 aliphatic carbocycles. The Balaban J connectivity index is 4.00. The average molecular weight is 201 g/mol. The van der Waals surface area contributed by atoms with E-state index in [1.165, 1.54) is 0 Å². The molecule has 0 aliphatic rings. The molecule has 2 unspecified atom stereocenters. The van der Waals surface area contributed by atoms with Gasteiger partial charge in [-0.15, -0.1) is 0 Å². The van der Waals surface area contributed by atoms with E-state index in [0.29, 0.717) is 6.54 Å². The van der Waals surface area contributed by atoms with E-state index in [9.17, 15) is 9.90 Å². The predicted molar refractivity (Wildman–Crippen MR) is 57.9 cm³/mol. The Morgan fingerprint density at radius 2 is 1.93 bits per heavy atom. The van der Waals surface area contributed by atoms with Gasteiger partial charge in [0.2, 0.25) is 5.91 Å². The maximum absolute atomic E-state index is 11.4. The van der Waals surface area contributed by atoms with Gasteiger partial charge in [-0.2, -0.15) is 0 Å². The van der Waals surface area contributed by atoms with Gasteiger partial charge in [0, 0.05) is 12.5 Å². The fourth-order valence-corrected chi connectivity index (χ4v) is 0.830. The highest BCUT2D eigenvalue weighted by Crippen LogP contribution is 2.14. The van der Waals surface area contributed by atoms with Crippen LogP contribution >= 0.6 is 0 Å². The summed E-state index contributed by atoms with van der Waals surface area (Å²) in [7, 11) is 0. The van der Waals surface area contributed by atoms with Crippen molar-refractivity contribution in [3.05, 3.63) is 0 Å². The van der Waals surface area contributed by atoms with Crippen molar-refractivity contribution in [2.75, 3.05) is 6.54 Å². The van der Waals surface area contributed by atoms with Crippen LogP contribution in [0, 0.1) is 11.8 Å². The zero-order valence-electron chi connectivity index (χ0n) is 9.92. The average Bonchev–Trinajstić information content (AvgIpc) is 2.12. The number of nitrogens with one attached hydrogen (secondary N) is 1. The molecule has 0 aromatic carbocycles. The first kappa shape index (κ1) is 13.4. The maximum atomic E-state index is 11.4. The molecule has 84 valence electrons. The Hall–Kier alpha value is -0.570. The number of hydrogen-bond donors (Lipinski definition) is 2. The summed E-state index contributed by atoms with van der Waals surface area (Å²) in [5, 5.41) is 12.6. The third-order valence-corrected chi connectivity index (χ3v) is 2.92. The highest BCUT2D eigenvalue weighted by molar-refractivity contribution is 5.78. The summed E-state index contributed by atoms with van der Waals surface area (Å²) in [5.74, 6) is 0.186. The molecule has 0 bridgehead atoms. The van der Waals surface area contributed by atoms with Gasteiger partial charge in [0.05, 0.1) is 5.60 Å². The fourth-order valence-electron chi connectivity index (χ4n) is 0.830. The normalized spacial score (nSPS) is 17.6. The molecule has 0 aromatic rings. The van der Waals surface area contributed by atoms with Crippen molar-refractivity contribution in [2.24, 2.45) is 11.8 Å². The SMILES string of the molecule is CCC(C)C(=O)NCC(C)(O)C(C)C. The van der Waals surface area contributed by atoms with E-state index in [-0.39, 0.29) is 17.7 Å². The quantitative estimate of drug-likeness (QED) is 0.709. The van der Waals surface area contributed by atoms with Crippen LogP contribution in [0.25, 0.3) is 0 Å². The lowest BCUT2D eigenvalue weighted by molar-refractivity contribution is -0.126. The summed E-state index contributed by atoms with van der Waals surface area (Å²) in [4.78, 5) is 11.4. The Morgan fingerprint density at radius 1 is 1.43 bits per heavy atom. The van der Waals surface area contributed by atoms with Crippen LogP contribution < -0.4 is 5.32 Å². The number of rotatable bonds is 5. The monoisotopic (exact) mass is 201 g/mol. The van der Waals surface area contributed by atoms with Crippen LogP contribution in [0.5, 0.6) is 0 Å². The first-order chi connectivity index (χ1) is 6.31. The number of carbonyl (C=O) groups is 1. The van der Waals surface area contributed by atoms with Crippen molar-refractivity contribution in [1.82, 2.24) is 5.32 Å². The summed E-state index contributed by atoms with van der Waals surface area (Å²) in [6.45, 7) is 9.82. The van der Waals surface area contributed by atoms with Crippen LogP contribution in [-0.4, -0.2) is 23.2 Å². The van der Waals surface area contributed by atoms with Gasteiger partial charge < -0.3 is 10.4 Å². The van der Waals surface area contributed by atoms with E-state index < -0.39 is 5.60 Å². The van der Waals surface area contributed by atoms with E-state index in [2.05, 4.69) is 5.32 Å². The molecule has 14 heavy (non-hydrogen) atoms. The number of amides is 1. The highest BCUT2D eigenvalue weighted by Gasteiger charge is 2.25. The minimum Gasteiger partial charge on any atom is -0.388 e. The molecule has 1 amide bonds. The molecule has 0 spiro atoms. The number of aliphatic hydroxyl groups is 1. The van der Waals surface area contributed by atoms with Crippen LogP contribution in [0.1, 0.15) is 41.0 Å². The van der Waals surface area contributed by atoms with Crippen molar-refractivity contribution in [1.29, 1.82) is 0 Å². The molecule has 3 nitrogen and oxygen atoms in total. The van der Waals surface area contributed by atoms with Gasteiger partial charge in [-0.3, -0.25) is 4.79 Å². The summed E-state index contributed by atoms with van der Waals surface area (Å²) in [6.07, 6.45) is 0.829. The van der Waals surface area contributed by atoms with E-state index >= 15 is 0 Å². The molecule has 3 heteroatoms. The highest BCUT2D eigenvalue weighted by atomic mass is 16.3. The zero-order valence-corrected chi connectivity index (χ0v) is 9.92. The van der Waals surface area contributed by atoms with Gasteiger partial charge in [0.25, 0.3) is 0 Å². The molecular weight excluding hydrogens is 178 g/mol. The Kier molecular flexibility index (Phi) is 5.13. The first-order valence-electron chi connectivity index (χ1n) is 5.31. The molecule has 2 N–H and O–H groups in total. The second kappa shape index (κ2) is 5.35. The summed E-state index contributed by atoms with van der Waals surface area (Å²) in [6, 6.07) is 0. The molecule has 0 saturated heterocycles. The minimum absolute atomic E-state index is 0.0217. The second-order valence-corrected chi connectivity index (χ2v) is 4.54. The lowest BCUT2D eigenvalue weighted by Gasteiger charge is -2.28. The molecule has 0 radical (unpaired) electrons. The second-order valence-electron chi connectivity index (χ2n) is 4.54. The molecular formula is C11H23NO2. The van der Waals surface area contributed by atoms with Crippen LogP contribution in [-0.2, 0) is 4.79 Å². The number of hydrogen-bond acceptors (Lipinski definition) is 2. The first-order valence-corrected chi connectivity index (χ1v) is 5.31. The van der Waals surface area contributed by atoms with Crippen LogP contribution in [0.3, 0.4) is 0 Å². The van der Waals surface area contributed by atoms with Crippen molar-refractivity contribution < 1.29 is 9.90 Å². The zero-order chi connectivity index (χ0) is 11.4. The fraction of sp³-hybridized carbons (Fsp3) is 0.909. The topological polar surface area (TPSA) is 49.3 Å². The van der Waals surface area contributed by atoms with E-state index in [1.54, 1.807) is 6.92 Å². The van der Waals surface area contributed by atoms with Gasteiger partial charge in [-0.25, -0.2) is 0 Å². The Morgan fingerprint density at radius 3 is 2.29 bits per heavy atom. The van der Waals surface area contributed by atoms with Crippen LogP contribution in [0.4, 0.5) is 0 Å². The van der Waals surface area contributed by atoms with Crippen molar-refractivity contribution in [2.45, 2.75) is 46.6 Å². The standard InChI is InChI=1S/C11H23NO2/c1-6-9(4)10(13)12-7-11(5,14)8(2)3/h8-9,14H,6-7H2,1-5H3,(H,12,13). The maximum Gasteiger partial charge on any atom is 0.222 e. The summed E-state index contributed by atoms with van der Waals surface area (Å²) in [5.41, 5.74) is -0.816. The Labute approximate surface area is 86.9 Å². The predicted octanol–water partition coefficient (Wildman–Crippen LogP) is 1.56. The van der Waals surface area contributed by atoms with Gasteiger partial charge in [0.15, 0.2) is 0 Å². The molecule has 0 fully saturated rings. The molecule has 0 aromatic heterocycles. The van der Waals surface area contributed by atoms with E-state index in [1.807, 2.05) is 27.7 Å². The van der Waals surface area contributed by atoms with Crippen molar-refractivity contribution >= 4 is 5.91 Å². The van der Waals surface area contributed by atoms with E-state index in [4.69, 9.17) is 0 Å². The third kappa shape index (κ3) is 4.09. The molecule has 0 aliphatic heterocycles. The molecule has 0 saturated carbocycles. The lowest BCUT2D eigenvalue weighted by Crippen LogP contribution is -2.45. The largest absolute Gasteiger partial charge is 0.388 e. The van der Waals surface area contributed by atoms with Gasteiger partial charge in [-0.1, -0.05) is 27.7 Å². The van der Waals surface area contributed by atoms with E-state index in [0.717, 1.165) is 6.42 Å². The lowest BCUT2D eigenvalue weighted by atomic mass is 9.92. The molecule has 2 atom stereocenters. The van der Waals surface area contributed by atoms with Crippen LogP contribution in [0.2, 0.25) is 0 Å². The minimum atomic E-state index is -0.816. The van der Waals surface area contributed by atoms with Gasteiger partial charge >= 0.3 is 0 Å². The van der Waals surface area contributed by atoms with Gasteiger partial charge in [-0.05, 0) is 19.3 Å². The van der Waals surface area contributed by atoms with Crippen molar-refractivity contribution in [3.63, 3.8) is 0 Å². The van der Waals surface area contributed by atoms with Gasteiger partial charge in [0.1, 0.15) is 0 Å². The Bertz CT molecular complexity index is 188. The smallest absolute Gasteiger partial charge is 0.222 e. The van der Waals surface area contributed by atoms with Crippen LogP contribution in [0.15, 0.2) is 0 Å². The third-order valence-electron chi connectivity index (χ3n) is 2.92. The summed E-state index contributed by atoms with van der Waals surface area (Å²) >= 11 is 0. The van der Waals surface area contributed by atoms with Crippen molar-refractivity contribution in [3.8, 4) is 0 Å². The number of carbonyl (C=O) groups excluding carboxylic acids is 1. The summed E-state index contributed by atoms with van der Waals surface area (Å²) < 4.78 is 0. The molecule has 0 heterocycles. The molecule has 0 rings (SSSR count).